The molecule has 6 nitrogen and oxygen atoms in total. The van der Waals surface area contributed by atoms with Crippen molar-refractivity contribution in [3.05, 3.63) is 56.6 Å². The van der Waals surface area contributed by atoms with Gasteiger partial charge >= 0.3 is 0 Å². The highest BCUT2D eigenvalue weighted by atomic mass is 32.2. The molecule has 1 N–H and O–H groups in total. The van der Waals surface area contributed by atoms with Crippen molar-refractivity contribution in [1.29, 1.82) is 5.26 Å². The molecule has 0 spiro atoms. The van der Waals surface area contributed by atoms with Gasteiger partial charge in [0.2, 0.25) is 5.91 Å². The van der Waals surface area contributed by atoms with E-state index in [1.54, 1.807) is 22.7 Å². The van der Waals surface area contributed by atoms with Crippen molar-refractivity contribution < 1.29 is 4.79 Å². The lowest BCUT2D eigenvalue weighted by Gasteiger charge is -2.36. The Labute approximate surface area is 248 Å². The Kier molecular flexibility index (Phi) is 8.50. The fourth-order valence-electron chi connectivity index (χ4n) is 5.50. The zero-order valence-electron chi connectivity index (χ0n) is 23.7. The number of carbonyl (C=O) groups excluding carboxylic acids is 1. The van der Waals surface area contributed by atoms with E-state index in [4.69, 9.17) is 0 Å². The van der Waals surface area contributed by atoms with Gasteiger partial charge in [-0.1, -0.05) is 69.3 Å². The van der Waals surface area contributed by atoms with Gasteiger partial charge < -0.3 is 9.88 Å². The van der Waals surface area contributed by atoms with Crippen molar-refractivity contribution >= 4 is 45.3 Å². The first kappa shape index (κ1) is 28.6. The number of thioether (sulfide) groups is 1. The largest absolute Gasteiger partial charge is 0.316 e. The maximum atomic E-state index is 13.1. The van der Waals surface area contributed by atoms with E-state index in [-0.39, 0.29) is 17.1 Å². The third-order valence-electron chi connectivity index (χ3n) is 8.29. The van der Waals surface area contributed by atoms with Crippen LogP contribution in [0.1, 0.15) is 61.4 Å². The Balaban J connectivity index is 1.31. The van der Waals surface area contributed by atoms with E-state index in [1.165, 1.54) is 27.1 Å². The van der Waals surface area contributed by atoms with Gasteiger partial charge in [-0.3, -0.25) is 4.79 Å². The average molecular weight is 590 g/mol. The summed E-state index contributed by atoms with van der Waals surface area (Å²) >= 11 is 4.67. The van der Waals surface area contributed by atoms with Crippen LogP contribution < -0.4 is 5.32 Å². The molecular weight excluding hydrogens is 555 g/mol. The molecule has 3 heterocycles. The molecule has 1 atom stereocenters. The number of amides is 1. The van der Waals surface area contributed by atoms with E-state index in [9.17, 15) is 10.1 Å². The van der Waals surface area contributed by atoms with Crippen molar-refractivity contribution in [1.82, 2.24) is 14.8 Å². The van der Waals surface area contributed by atoms with E-state index >= 15 is 0 Å². The van der Waals surface area contributed by atoms with Crippen LogP contribution >= 0.6 is 34.4 Å². The number of carbonyl (C=O) groups is 1. The number of fused-ring (bicyclic) bond motifs is 1. The second-order valence-electron chi connectivity index (χ2n) is 10.9. The molecule has 1 aliphatic carbocycles. The Bertz CT molecular complexity index is 1560. The summed E-state index contributed by atoms with van der Waals surface area (Å²) in [6.45, 7) is 11.8. The number of hydrogen-bond donors (Lipinski definition) is 1. The quantitative estimate of drug-likeness (QED) is 0.199. The van der Waals surface area contributed by atoms with Gasteiger partial charge in [-0.15, -0.1) is 32.9 Å². The van der Waals surface area contributed by atoms with Crippen molar-refractivity contribution in [3.63, 3.8) is 0 Å². The molecule has 0 fully saturated rings. The number of anilines is 1. The first-order valence-electron chi connectivity index (χ1n) is 13.8. The summed E-state index contributed by atoms with van der Waals surface area (Å²) in [7, 11) is 0. The van der Waals surface area contributed by atoms with Crippen LogP contribution in [0.4, 0.5) is 5.00 Å². The summed E-state index contributed by atoms with van der Waals surface area (Å²) in [6.07, 6.45) is 4.11. The van der Waals surface area contributed by atoms with Gasteiger partial charge in [0.25, 0.3) is 0 Å². The first-order valence-corrected chi connectivity index (χ1v) is 16.5. The smallest absolute Gasteiger partial charge is 0.235 e. The zero-order chi connectivity index (χ0) is 28.4. The highest BCUT2D eigenvalue weighted by Crippen LogP contribution is 2.45. The molecule has 1 amide bonds. The summed E-state index contributed by atoms with van der Waals surface area (Å²) in [5.74, 6) is 1.48. The number of hydrogen-bond acceptors (Lipinski definition) is 7. The van der Waals surface area contributed by atoms with Gasteiger partial charge in [0, 0.05) is 32.8 Å². The van der Waals surface area contributed by atoms with Crippen molar-refractivity contribution in [3.8, 4) is 28.6 Å². The topological polar surface area (TPSA) is 83.6 Å². The molecule has 0 aliphatic heterocycles. The average Bonchev–Trinajstić information content (AvgIpc) is 3.65. The third-order valence-corrected chi connectivity index (χ3v) is 11.3. The lowest BCUT2D eigenvalue weighted by Crippen LogP contribution is -2.28. The predicted octanol–water partition coefficient (Wildman–Crippen LogP) is 8.21. The fourth-order valence-corrected chi connectivity index (χ4v) is 8.46. The highest BCUT2D eigenvalue weighted by molar-refractivity contribution is 7.99. The molecule has 1 aromatic carbocycles. The van der Waals surface area contributed by atoms with E-state index in [0.717, 1.165) is 48.2 Å². The summed E-state index contributed by atoms with van der Waals surface area (Å²) < 4.78 is 2.08. The minimum atomic E-state index is -0.130. The lowest BCUT2D eigenvalue weighted by molar-refractivity contribution is -0.113. The number of rotatable bonds is 9. The molecule has 40 heavy (non-hydrogen) atoms. The van der Waals surface area contributed by atoms with Crippen molar-refractivity contribution in [2.24, 2.45) is 11.3 Å². The lowest BCUT2D eigenvalue weighted by atomic mass is 9.69. The molecule has 1 unspecified atom stereocenters. The Hall–Kier alpha value is -2.93. The van der Waals surface area contributed by atoms with Gasteiger partial charge in [-0.25, -0.2) is 0 Å². The van der Waals surface area contributed by atoms with Crippen LogP contribution in [0.15, 0.2) is 40.9 Å². The van der Waals surface area contributed by atoms with E-state index in [2.05, 4.69) is 78.3 Å². The Morgan fingerprint density at radius 3 is 2.73 bits per heavy atom. The molecule has 208 valence electrons. The van der Waals surface area contributed by atoms with Crippen LogP contribution in [-0.2, 0) is 24.2 Å². The zero-order valence-corrected chi connectivity index (χ0v) is 26.2. The number of aromatic nitrogens is 3. The van der Waals surface area contributed by atoms with Crippen LogP contribution in [0.5, 0.6) is 0 Å². The predicted molar refractivity (Wildman–Crippen MR) is 167 cm³/mol. The standard InChI is InChI=1S/C31H35N5OS3/c1-6-31(4,5)21-13-14-22-23(16-32)29(40-25(22)15-21)33-26(37)18-39-30-35-34-28(36(30)7-2)24-17-38-19(3)27(24)20-11-9-8-10-12-20/h8-12,17,21H,6-7,13-15,18H2,1-5H3,(H,33,37). The van der Waals surface area contributed by atoms with Crippen LogP contribution in [0.25, 0.3) is 22.5 Å². The van der Waals surface area contributed by atoms with Crippen LogP contribution in [0.2, 0.25) is 0 Å². The van der Waals surface area contributed by atoms with Gasteiger partial charge in [0.15, 0.2) is 11.0 Å². The van der Waals surface area contributed by atoms with Crippen LogP contribution in [-0.4, -0.2) is 26.4 Å². The number of nitrogens with zero attached hydrogens (tertiary/aromatic N) is 4. The molecule has 4 aromatic rings. The van der Waals surface area contributed by atoms with Gasteiger partial charge in [-0.2, -0.15) is 5.26 Å². The Morgan fingerprint density at radius 2 is 2.02 bits per heavy atom. The molecular formula is C31H35N5OS3. The monoisotopic (exact) mass is 589 g/mol. The second-order valence-corrected chi connectivity index (χ2v) is 14.1. The van der Waals surface area contributed by atoms with Gasteiger partial charge in [-0.05, 0) is 55.6 Å². The summed E-state index contributed by atoms with van der Waals surface area (Å²) in [4.78, 5) is 15.6. The van der Waals surface area contributed by atoms with Crippen LogP contribution in [0.3, 0.4) is 0 Å². The molecule has 0 saturated carbocycles. The first-order chi connectivity index (χ1) is 19.3. The SMILES string of the molecule is CCn1c(SCC(=O)Nc2sc3c(c2C#N)CCC(C(C)(C)CC)C3)nnc1-c1csc(C)c1-c1ccccc1. The minimum absolute atomic E-state index is 0.130. The van der Waals surface area contributed by atoms with Crippen molar-refractivity contribution in [2.75, 3.05) is 11.1 Å². The normalized spacial score (nSPS) is 15.1. The highest BCUT2D eigenvalue weighted by Gasteiger charge is 2.34. The fraction of sp³-hybridized carbons (Fsp3) is 0.419. The Morgan fingerprint density at radius 1 is 1.25 bits per heavy atom. The number of nitriles is 1. The summed E-state index contributed by atoms with van der Waals surface area (Å²) in [6, 6.07) is 12.7. The second kappa shape index (κ2) is 11.9. The maximum Gasteiger partial charge on any atom is 0.235 e. The molecule has 5 rings (SSSR count). The number of benzene rings is 1. The van der Waals surface area contributed by atoms with E-state index in [1.807, 2.05) is 18.2 Å². The molecule has 9 heteroatoms. The number of aryl methyl sites for hydroxylation is 1. The molecule has 0 bridgehead atoms. The molecule has 0 radical (unpaired) electrons. The summed E-state index contributed by atoms with van der Waals surface area (Å²) in [5.41, 5.74) is 5.45. The van der Waals surface area contributed by atoms with E-state index < -0.39 is 0 Å². The maximum absolute atomic E-state index is 13.1. The molecule has 3 aromatic heterocycles. The van der Waals surface area contributed by atoms with Crippen LogP contribution in [0, 0.1) is 29.6 Å². The molecule has 0 saturated heterocycles. The number of thiophene rings is 2. The van der Waals surface area contributed by atoms with E-state index in [0.29, 0.717) is 28.2 Å². The van der Waals surface area contributed by atoms with Gasteiger partial charge in [0.1, 0.15) is 11.1 Å². The minimum Gasteiger partial charge on any atom is -0.316 e. The summed E-state index contributed by atoms with van der Waals surface area (Å²) in [5, 5.41) is 25.5. The third kappa shape index (κ3) is 5.50. The van der Waals surface area contributed by atoms with Crippen molar-refractivity contribution in [2.45, 2.75) is 72.0 Å². The number of nitrogens with one attached hydrogen (secondary N) is 1. The molecule has 1 aliphatic rings. The van der Waals surface area contributed by atoms with Gasteiger partial charge in [0.05, 0.1) is 11.3 Å².